The maximum atomic E-state index is 5.94. The molecule has 3 aliphatic rings. The predicted octanol–water partition coefficient (Wildman–Crippen LogP) is -0.831. The van der Waals surface area contributed by atoms with E-state index in [1.54, 1.807) is 0 Å². The average molecular weight is 140 g/mol. The molecule has 4 atom stereocenters. The minimum absolute atomic E-state index is 0.312. The van der Waals surface area contributed by atoms with Crippen molar-refractivity contribution in [1.82, 2.24) is 4.90 Å². The van der Waals surface area contributed by atoms with Crippen molar-refractivity contribution in [2.24, 2.45) is 5.73 Å². The maximum Gasteiger partial charge on any atom is 0.0873 e. The van der Waals surface area contributed by atoms with Crippen LogP contribution in [0.5, 0.6) is 0 Å². The number of rotatable bonds is 0. The van der Waals surface area contributed by atoms with E-state index >= 15 is 0 Å². The van der Waals surface area contributed by atoms with Gasteiger partial charge in [-0.05, 0) is 6.42 Å². The molecule has 0 amide bonds. The fourth-order valence-corrected chi connectivity index (χ4v) is 2.63. The zero-order valence-electron chi connectivity index (χ0n) is 5.86. The number of morpholine rings is 1. The zero-order chi connectivity index (χ0) is 6.72. The third-order valence-electron chi connectivity index (χ3n) is 3.09. The standard InChI is InChI=1S/C7H12N2O/c8-6-5-3-9-2-1-4(10-5)7(6)9/h4-7H,1-3,8H2/t4-,5-,6-,7+/m1/s1. The van der Waals surface area contributed by atoms with Crippen molar-refractivity contribution in [3.63, 3.8) is 0 Å². The fourth-order valence-electron chi connectivity index (χ4n) is 2.63. The van der Waals surface area contributed by atoms with E-state index in [0.29, 0.717) is 24.3 Å². The Labute approximate surface area is 60.1 Å². The third kappa shape index (κ3) is 0.447. The number of nitrogens with two attached hydrogens (primary N) is 1. The Hall–Kier alpha value is -0.120. The van der Waals surface area contributed by atoms with Crippen molar-refractivity contribution in [3.05, 3.63) is 0 Å². The van der Waals surface area contributed by atoms with Crippen LogP contribution in [0.3, 0.4) is 0 Å². The summed E-state index contributed by atoms with van der Waals surface area (Å²) in [6.07, 6.45) is 2.04. The second-order valence-corrected chi connectivity index (χ2v) is 3.56. The Morgan fingerprint density at radius 2 is 2.30 bits per heavy atom. The summed E-state index contributed by atoms with van der Waals surface area (Å²) < 4.78 is 5.70. The lowest BCUT2D eigenvalue weighted by molar-refractivity contribution is 0.00885. The molecule has 0 aromatic carbocycles. The van der Waals surface area contributed by atoms with Crippen molar-refractivity contribution in [2.75, 3.05) is 13.1 Å². The van der Waals surface area contributed by atoms with Crippen LogP contribution in [0, 0.1) is 0 Å². The topological polar surface area (TPSA) is 38.5 Å². The van der Waals surface area contributed by atoms with Crippen molar-refractivity contribution >= 4 is 0 Å². The smallest absolute Gasteiger partial charge is 0.0873 e. The summed E-state index contributed by atoms with van der Waals surface area (Å²) in [7, 11) is 0. The second kappa shape index (κ2) is 1.55. The normalized spacial score (nSPS) is 58.5. The van der Waals surface area contributed by atoms with E-state index in [1.165, 1.54) is 13.0 Å². The van der Waals surface area contributed by atoms with Gasteiger partial charge in [-0.3, -0.25) is 4.90 Å². The molecule has 3 aliphatic heterocycles. The van der Waals surface area contributed by atoms with Gasteiger partial charge in [0.2, 0.25) is 0 Å². The summed E-state index contributed by atoms with van der Waals surface area (Å²) >= 11 is 0. The van der Waals surface area contributed by atoms with E-state index in [1.807, 2.05) is 0 Å². The van der Waals surface area contributed by atoms with Gasteiger partial charge in [0.15, 0.2) is 0 Å². The second-order valence-electron chi connectivity index (χ2n) is 3.56. The molecule has 3 nitrogen and oxygen atoms in total. The van der Waals surface area contributed by atoms with Gasteiger partial charge in [-0.15, -0.1) is 0 Å². The molecule has 2 bridgehead atoms. The molecular weight excluding hydrogens is 128 g/mol. The SMILES string of the molecule is N[C@H]1[C@@H]2[C@H]3CCN2C[C@H]1O3. The summed E-state index contributed by atoms with van der Waals surface area (Å²) in [5.74, 6) is 0. The average Bonchev–Trinajstić information content (AvgIpc) is 2.44. The molecule has 0 unspecified atom stereocenters. The van der Waals surface area contributed by atoms with Crippen molar-refractivity contribution in [1.29, 1.82) is 0 Å². The lowest BCUT2D eigenvalue weighted by Crippen LogP contribution is -2.38. The minimum Gasteiger partial charge on any atom is -0.370 e. The summed E-state index contributed by atoms with van der Waals surface area (Å²) in [4.78, 5) is 2.48. The fraction of sp³-hybridized carbons (Fsp3) is 1.00. The quantitative estimate of drug-likeness (QED) is 0.477. The number of fused-ring (bicyclic) bond motifs is 1. The summed E-state index contributed by atoms with van der Waals surface area (Å²) in [6, 6.07) is 0.887. The van der Waals surface area contributed by atoms with Gasteiger partial charge in [0.1, 0.15) is 0 Å². The van der Waals surface area contributed by atoms with Gasteiger partial charge in [0.25, 0.3) is 0 Å². The predicted molar refractivity (Wildman–Crippen MR) is 36.6 cm³/mol. The van der Waals surface area contributed by atoms with Crippen LogP contribution in [0.4, 0.5) is 0 Å². The minimum atomic E-state index is 0.312. The summed E-state index contributed by atoms with van der Waals surface area (Å²) in [5, 5.41) is 0. The molecule has 3 fully saturated rings. The molecule has 0 spiro atoms. The Morgan fingerprint density at radius 3 is 2.90 bits per heavy atom. The van der Waals surface area contributed by atoms with E-state index in [9.17, 15) is 0 Å². The van der Waals surface area contributed by atoms with Crippen LogP contribution in [0.25, 0.3) is 0 Å². The van der Waals surface area contributed by atoms with Crippen LogP contribution >= 0.6 is 0 Å². The van der Waals surface area contributed by atoms with Crippen LogP contribution in [0.2, 0.25) is 0 Å². The largest absolute Gasteiger partial charge is 0.370 e. The van der Waals surface area contributed by atoms with E-state index in [2.05, 4.69) is 4.90 Å². The molecule has 3 heteroatoms. The van der Waals surface area contributed by atoms with Gasteiger partial charge in [0.05, 0.1) is 24.3 Å². The zero-order valence-corrected chi connectivity index (χ0v) is 5.86. The summed E-state index contributed by atoms with van der Waals surface area (Å²) in [5.41, 5.74) is 5.94. The van der Waals surface area contributed by atoms with E-state index in [-0.39, 0.29) is 0 Å². The van der Waals surface area contributed by atoms with Gasteiger partial charge in [-0.2, -0.15) is 0 Å². The lowest BCUT2D eigenvalue weighted by Gasteiger charge is -2.21. The Kier molecular flexibility index (Phi) is 0.854. The highest BCUT2D eigenvalue weighted by Crippen LogP contribution is 2.38. The first kappa shape index (κ1) is 5.52. The molecule has 3 rings (SSSR count). The van der Waals surface area contributed by atoms with Gasteiger partial charge >= 0.3 is 0 Å². The van der Waals surface area contributed by atoms with Crippen LogP contribution in [-0.2, 0) is 4.74 Å². The Morgan fingerprint density at radius 1 is 1.40 bits per heavy atom. The lowest BCUT2D eigenvalue weighted by atomic mass is 10.1. The molecule has 3 heterocycles. The number of hydrogen-bond donors (Lipinski definition) is 1. The van der Waals surface area contributed by atoms with E-state index < -0.39 is 0 Å². The maximum absolute atomic E-state index is 5.94. The van der Waals surface area contributed by atoms with Crippen molar-refractivity contribution in [3.8, 4) is 0 Å². The van der Waals surface area contributed by atoms with Crippen LogP contribution in [0.1, 0.15) is 6.42 Å². The van der Waals surface area contributed by atoms with E-state index in [4.69, 9.17) is 10.5 Å². The number of hydrogen-bond acceptors (Lipinski definition) is 3. The molecule has 0 aliphatic carbocycles. The molecule has 0 radical (unpaired) electrons. The molecule has 56 valence electrons. The molecule has 0 aromatic rings. The highest BCUT2D eigenvalue weighted by molar-refractivity contribution is 5.10. The molecule has 3 saturated heterocycles. The highest BCUT2D eigenvalue weighted by Gasteiger charge is 2.55. The summed E-state index contributed by atoms with van der Waals surface area (Å²) in [6.45, 7) is 2.29. The molecule has 0 saturated carbocycles. The molecular formula is C7H12N2O. The Bertz CT molecular complexity index is 156. The Balaban J connectivity index is 2.01. The van der Waals surface area contributed by atoms with Crippen LogP contribution in [0.15, 0.2) is 0 Å². The first-order chi connectivity index (χ1) is 4.86. The first-order valence-corrected chi connectivity index (χ1v) is 4.01. The van der Waals surface area contributed by atoms with Gasteiger partial charge in [0, 0.05) is 13.1 Å². The van der Waals surface area contributed by atoms with Gasteiger partial charge in [-0.25, -0.2) is 0 Å². The van der Waals surface area contributed by atoms with E-state index in [0.717, 1.165) is 6.54 Å². The van der Waals surface area contributed by atoms with Crippen LogP contribution < -0.4 is 5.73 Å². The monoisotopic (exact) mass is 140 g/mol. The highest BCUT2D eigenvalue weighted by atomic mass is 16.5. The molecule has 0 aromatic heterocycles. The third-order valence-corrected chi connectivity index (χ3v) is 3.09. The van der Waals surface area contributed by atoms with Crippen LogP contribution in [-0.4, -0.2) is 42.3 Å². The van der Waals surface area contributed by atoms with Gasteiger partial charge < -0.3 is 10.5 Å². The number of nitrogens with zero attached hydrogens (tertiary/aromatic N) is 1. The molecule has 10 heavy (non-hydrogen) atoms. The first-order valence-electron chi connectivity index (χ1n) is 4.01. The molecule has 2 N–H and O–H groups in total. The number of ether oxygens (including phenoxy) is 1. The van der Waals surface area contributed by atoms with Crippen molar-refractivity contribution < 1.29 is 4.74 Å². The van der Waals surface area contributed by atoms with Gasteiger partial charge in [-0.1, -0.05) is 0 Å². The van der Waals surface area contributed by atoms with Crippen molar-refractivity contribution in [2.45, 2.75) is 30.7 Å².